The molecule has 22 heavy (non-hydrogen) atoms. The van der Waals surface area contributed by atoms with Gasteiger partial charge in [0.2, 0.25) is 5.91 Å². The van der Waals surface area contributed by atoms with Crippen molar-refractivity contribution in [3.05, 3.63) is 17.5 Å². The maximum Gasteiger partial charge on any atom is 0.282 e. The third-order valence-corrected chi connectivity index (χ3v) is 6.23. The van der Waals surface area contributed by atoms with Gasteiger partial charge in [0, 0.05) is 52.0 Å². The highest BCUT2D eigenvalue weighted by atomic mass is 32.2. The maximum absolute atomic E-state index is 12.8. The number of aromatic nitrogens is 2. The van der Waals surface area contributed by atoms with E-state index in [9.17, 15) is 13.2 Å². The van der Waals surface area contributed by atoms with Gasteiger partial charge in [0.25, 0.3) is 10.2 Å². The molecule has 0 aliphatic carbocycles. The standard InChI is InChI=1S/C13H21N5O3S/c1-14-13(19)11-9-18(8-10-7-16(2)15-12(10)11)22(20,21)17-5-3-4-6-17/h7,11H,3-6,8-9H2,1-2H3,(H,14,19)/t11-/m0/s1. The van der Waals surface area contributed by atoms with Crippen molar-refractivity contribution in [1.29, 1.82) is 0 Å². The lowest BCUT2D eigenvalue weighted by atomic mass is 9.97. The molecule has 3 heterocycles. The molecule has 122 valence electrons. The monoisotopic (exact) mass is 327 g/mol. The third kappa shape index (κ3) is 2.53. The molecule has 1 aromatic rings. The highest BCUT2D eigenvalue weighted by Crippen LogP contribution is 2.30. The number of likely N-dealkylation sites (N-methyl/N-ethyl adjacent to an activating group) is 1. The molecule has 0 radical (unpaired) electrons. The Morgan fingerprint density at radius 3 is 2.64 bits per heavy atom. The zero-order chi connectivity index (χ0) is 15.9. The molecule has 0 aromatic carbocycles. The van der Waals surface area contributed by atoms with E-state index in [0.717, 1.165) is 18.4 Å². The summed E-state index contributed by atoms with van der Waals surface area (Å²) < 4.78 is 30.1. The number of nitrogens with zero attached hydrogens (tertiary/aromatic N) is 4. The van der Waals surface area contributed by atoms with E-state index < -0.39 is 16.1 Å². The van der Waals surface area contributed by atoms with Crippen LogP contribution in [0, 0.1) is 0 Å². The highest BCUT2D eigenvalue weighted by molar-refractivity contribution is 7.86. The minimum absolute atomic E-state index is 0.141. The number of carbonyl (C=O) groups excluding carboxylic acids is 1. The molecular weight excluding hydrogens is 306 g/mol. The zero-order valence-corrected chi connectivity index (χ0v) is 13.6. The van der Waals surface area contributed by atoms with Crippen molar-refractivity contribution in [2.24, 2.45) is 7.05 Å². The second-order valence-corrected chi connectivity index (χ2v) is 7.71. The summed E-state index contributed by atoms with van der Waals surface area (Å²) in [4.78, 5) is 12.1. The summed E-state index contributed by atoms with van der Waals surface area (Å²) >= 11 is 0. The van der Waals surface area contributed by atoms with Crippen LogP contribution in [0.2, 0.25) is 0 Å². The van der Waals surface area contributed by atoms with E-state index in [4.69, 9.17) is 0 Å². The Morgan fingerprint density at radius 2 is 2.00 bits per heavy atom. The van der Waals surface area contributed by atoms with Gasteiger partial charge in [0.05, 0.1) is 11.6 Å². The van der Waals surface area contributed by atoms with E-state index in [1.165, 1.54) is 8.61 Å². The van der Waals surface area contributed by atoms with Crippen LogP contribution in [0.1, 0.15) is 30.0 Å². The van der Waals surface area contributed by atoms with Crippen molar-refractivity contribution in [3.8, 4) is 0 Å². The van der Waals surface area contributed by atoms with Crippen LogP contribution < -0.4 is 5.32 Å². The number of fused-ring (bicyclic) bond motifs is 1. The van der Waals surface area contributed by atoms with E-state index in [1.54, 1.807) is 25.0 Å². The lowest BCUT2D eigenvalue weighted by Crippen LogP contribution is -2.48. The minimum atomic E-state index is -3.52. The first-order chi connectivity index (χ1) is 10.4. The van der Waals surface area contributed by atoms with Crippen molar-refractivity contribution in [2.75, 3.05) is 26.7 Å². The topological polar surface area (TPSA) is 87.5 Å². The number of carbonyl (C=O) groups is 1. The summed E-state index contributed by atoms with van der Waals surface area (Å²) in [6, 6.07) is 0. The van der Waals surface area contributed by atoms with Crippen LogP contribution in [0.3, 0.4) is 0 Å². The molecule has 9 heteroatoms. The molecule has 0 spiro atoms. The first kappa shape index (κ1) is 15.4. The van der Waals surface area contributed by atoms with Crippen LogP contribution >= 0.6 is 0 Å². The smallest absolute Gasteiger partial charge is 0.282 e. The first-order valence-corrected chi connectivity index (χ1v) is 8.82. The van der Waals surface area contributed by atoms with E-state index in [-0.39, 0.29) is 19.0 Å². The quantitative estimate of drug-likeness (QED) is 0.803. The van der Waals surface area contributed by atoms with Crippen molar-refractivity contribution in [1.82, 2.24) is 23.7 Å². The van der Waals surface area contributed by atoms with Gasteiger partial charge in [0.15, 0.2) is 0 Å². The van der Waals surface area contributed by atoms with Gasteiger partial charge in [-0.2, -0.15) is 22.1 Å². The van der Waals surface area contributed by atoms with Crippen molar-refractivity contribution < 1.29 is 13.2 Å². The second kappa shape index (κ2) is 5.64. The molecule has 0 unspecified atom stereocenters. The molecule has 2 aliphatic rings. The lowest BCUT2D eigenvalue weighted by molar-refractivity contribution is -0.122. The Morgan fingerprint density at radius 1 is 1.32 bits per heavy atom. The molecule has 3 rings (SSSR count). The molecule has 0 saturated carbocycles. The van der Waals surface area contributed by atoms with E-state index in [1.807, 2.05) is 0 Å². The fourth-order valence-corrected chi connectivity index (χ4v) is 4.84. The largest absolute Gasteiger partial charge is 0.359 e. The van der Waals surface area contributed by atoms with Crippen LogP contribution in [0.5, 0.6) is 0 Å². The molecule has 1 saturated heterocycles. The van der Waals surface area contributed by atoms with Crippen LogP contribution in [-0.2, 0) is 28.6 Å². The summed E-state index contributed by atoms with van der Waals surface area (Å²) in [6.07, 6.45) is 3.57. The van der Waals surface area contributed by atoms with E-state index in [2.05, 4.69) is 10.4 Å². The average Bonchev–Trinajstić information content (AvgIpc) is 3.13. The third-order valence-electron chi connectivity index (χ3n) is 4.28. The summed E-state index contributed by atoms with van der Waals surface area (Å²) in [7, 11) is -0.189. The van der Waals surface area contributed by atoms with E-state index >= 15 is 0 Å². The van der Waals surface area contributed by atoms with Gasteiger partial charge in [-0.05, 0) is 12.8 Å². The van der Waals surface area contributed by atoms with Crippen LogP contribution in [0.4, 0.5) is 0 Å². The molecule has 1 N–H and O–H groups in total. The second-order valence-electron chi connectivity index (χ2n) is 5.79. The van der Waals surface area contributed by atoms with Gasteiger partial charge in [-0.15, -0.1) is 0 Å². The van der Waals surface area contributed by atoms with Gasteiger partial charge in [-0.25, -0.2) is 0 Å². The van der Waals surface area contributed by atoms with Crippen LogP contribution in [0.15, 0.2) is 6.20 Å². The highest BCUT2D eigenvalue weighted by Gasteiger charge is 2.40. The summed E-state index contributed by atoms with van der Waals surface area (Å²) in [5.74, 6) is -0.770. The Hall–Kier alpha value is -1.45. The van der Waals surface area contributed by atoms with Gasteiger partial charge < -0.3 is 5.32 Å². The summed E-state index contributed by atoms with van der Waals surface area (Å²) in [5.41, 5.74) is 1.47. The Balaban J connectivity index is 1.94. The van der Waals surface area contributed by atoms with Crippen molar-refractivity contribution in [2.45, 2.75) is 25.3 Å². The molecule has 1 atom stereocenters. The Kier molecular flexibility index (Phi) is 3.96. The first-order valence-electron chi connectivity index (χ1n) is 7.42. The number of amides is 1. The number of rotatable bonds is 3. The molecule has 2 aliphatic heterocycles. The predicted molar refractivity (Wildman–Crippen MR) is 80.2 cm³/mol. The van der Waals surface area contributed by atoms with Crippen LogP contribution in [0.25, 0.3) is 0 Å². The molecule has 1 fully saturated rings. The molecule has 1 aromatic heterocycles. The Bertz CT molecular complexity index is 678. The molecule has 0 bridgehead atoms. The lowest BCUT2D eigenvalue weighted by Gasteiger charge is -2.32. The summed E-state index contributed by atoms with van der Waals surface area (Å²) in [6.45, 7) is 1.53. The van der Waals surface area contributed by atoms with Crippen molar-refractivity contribution >= 4 is 16.1 Å². The predicted octanol–water partition coefficient (Wildman–Crippen LogP) is -0.594. The van der Waals surface area contributed by atoms with Gasteiger partial charge in [-0.3, -0.25) is 9.48 Å². The normalized spacial score (nSPS) is 23.5. The van der Waals surface area contributed by atoms with Gasteiger partial charge >= 0.3 is 0 Å². The number of nitrogens with one attached hydrogen (secondary N) is 1. The van der Waals surface area contributed by atoms with E-state index in [0.29, 0.717) is 18.8 Å². The molecule has 1 amide bonds. The fraction of sp³-hybridized carbons (Fsp3) is 0.692. The molecule has 8 nitrogen and oxygen atoms in total. The number of hydrogen-bond donors (Lipinski definition) is 1. The average molecular weight is 327 g/mol. The zero-order valence-electron chi connectivity index (χ0n) is 12.8. The minimum Gasteiger partial charge on any atom is -0.359 e. The van der Waals surface area contributed by atoms with Crippen LogP contribution in [-0.4, -0.2) is 59.4 Å². The maximum atomic E-state index is 12.8. The molecular formula is C13H21N5O3S. The number of aryl methyl sites for hydroxylation is 1. The number of hydrogen-bond acceptors (Lipinski definition) is 4. The fourth-order valence-electron chi connectivity index (χ4n) is 3.15. The van der Waals surface area contributed by atoms with Gasteiger partial charge in [-0.1, -0.05) is 0 Å². The SMILES string of the molecule is CNC(=O)[C@H]1CN(S(=O)(=O)N2CCCC2)Cc2cn(C)nc21. The van der Waals surface area contributed by atoms with Crippen molar-refractivity contribution in [3.63, 3.8) is 0 Å². The van der Waals surface area contributed by atoms with Gasteiger partial charge in [0.1, 0.15) is 0 Å². The Labute approximate surface area is 130 Å². The summed E-state index contributed by atoms with van der Waals surface area (Å²) in [5, 5.41) is 6.94.